The second kappa shape index (κ2) is 6.06. The summed E-state index contributed by atoms with van der Waals surface area (Å²) in [7, 11) is 0. The van der Waals surface area contributed by atoms with Gasteiger partial charge in [0.05, 0.1) is 23.1 Å². The van der Waals surface area contributed by atoms with Crippen LogP contribution >= 0.6 is 0 Å². The molecular formula is C20H26N6. The Kier molecular flexibility index (Phi) is 3.95. The van der Waals surface area contributed by atoms with Gasteiger partial charge in [0.1, 0.15) is 5.82 Å². The van der Waals surface area contributed by atoms with Gasteiger partial charge in [-0.05, 0) is 64.8 Å². The molecule has 4 rings (SSSR count). The zero-order chi connectivity index (χ0) is 18.4. The Bertz CT molecular complexity index is 893. The van der Waals surface area contributed by atoms with E-state index in [-0.39, 0.29) is 11.1 Å². The lowest BCUT2D eigenvalue weighted by Crippen LogP contribution is -2.60. The highest BCUT2D eigenvalue weighted by Crippen LogP contribution is 2.30. The number of rotatable bonds is 3. The first kappa shape index (κ1) is 17.0. The maximum atomic E-state index is 4.42. The fraction of sp³-hybridized carbons (Fsp3) is 0.450. The summed E-state index contributed by atoms with van der Waals surface area (Å²) in [6.07, 6.45) is 3.81. The van der Waals surface area contributed by atoms with Crippen molar-refractivity contribution in [3.63, 3.8) is 0 Å². The van der Waals surface area contributed by atoms with Gasteiger partial charge in [0.2, 0.25) is 0 Å². The molecule has 0 unspecified atom stereocenters. The van der Waals surface area contributed by atoms with Crippen LogP contribution in [0.25, 0.3) is 22.3 Å². The monoisotopic (exact) mass is 350 g/mol. The summed E-state index contributed by atoms with van der Waals surface area (Å²) in [4.78, 5) is 7.38. The highest BCUT2D eigenvalue weighted by molar-refractivity contribution is 5.80. The minimum Gasteiger partial charge on any atom is -0.366 e. The topological polar surface area (TPSA) is 78.5 Å². The number of piperidine rings is 1. The van der Waals surface area contributed by atoms with Crippen molar-refractivity contribution in [3.8, 4) is 11.3 Å². The Morgan fingerprint density at radius 1 is 1.00 bits per heavy atom. The fourth-order valence-electron chi connectivity index (χ4n) is 4.29. The van der Waals surface area contributed by atoms with Crippen LogP contribution in [-0.2, 0) is 0 Å². The van der Waals surface area contributed by atoms with Crippen LogP contribution in [0.4, 0.5) is 5.82 Å². The number of fused-ring (bicyclic) bond motifs is 1. The van der Waals surface area contributed by atoms with Crippen LogP contribution in [0.1, 0.15) is 40.5 Å². The lowest BCUT2D eigenvalue weighted by Gasteiger charge is -2.46. The number of hydrogen-bond donors (Lipinski definition) is 3. The fourth-order valence-corrected chi connectivity index (χ4v) is 4.29. The van der Waals surface area contributed by atoms with Gasteiger partial charge in [-0.25, -0.2) is 4.98 Å². The number of hydrogen-bond acceptors (Lipinski definition) is 5. The van der Waals surface area contributed by atoms with Crippen LogP contribution in [0.3, 0.4) is 0 Å². The second-order valence-electron chi connectivity index (χ2n) is 8.58. The van der Waals surface area contributed by atoms with Crippen molar-refractivity contribution < 1.29 is 0 Å². The Morgan fingerprint density at radius 2 is 1.77 bits per heavy atom. The Hall–Kier alpha value is -2.47. The quantitative estimate of drug-likeness (QED) is 0.671. The zero-order valence-corrected chi connectivity index (χ0v) is 15.8. The maximum absolute atomic E-state index is 4.42. The van der Waals surface area contributed by atoms with Crippen LogP contribution in [0.2, 0.25) is 0 Å². The smallest absolute Gasteiger partial charge is 0.148 e. The molecule has 1 saturated heterocycles. The molecule has 3 heterocycles. The van der Waals surface area contributed by atoms with E-state index in [4.69, 9.17) is 0 Å². The summed E-state index contributed by atoms with van der Waals surface area (Å²) in [5, 5.41) is 16.1. The SMILES string of the molecule is CC1(C)CC(Nc2ccc(-c3ccc4nc[nH]c4c3)nn2)CC(C)(C)N1. The van der Waals surface area contributed by atoms with Gasteiger partial charge >= 0.3 is 0 Å². The largest absolute Gasteiger partial charge is 0.366 e. The van der Waals surface area contributed by atoms with Crippen LogP contribution in [0, 0.1) is 0 Å². The molecule has 26 heavy (non-hydrogen) atoms. The number of H-pyrrole nitrogens is 1. The van der Waals surface area contributed by atoms with Gasteiger partial charge in [-0.15, -0.1) is 10.2 Å². The Balaban J connectivity index is 1.51. The minimum absolute atomic E-state index is 0.103. The summed E-state index contributed by atoms with van der Waals surface area (Å²) in [5.41, 5.74) is 4.06. The molecule has 0 amide bonds. The van der Waals surface area contributed by atoms with Crippen molar-refractivity contribution in [1.29, 1.82) is 0 Å². The second-order valence-corrected chi connectivity index (χ2v) is 8.58. The third-order valence-electron chi connectivity index (χ3n) is 4.92. The van der Waals surface area contributed by atoms with Crippen molar-refractivity contribution in [2.45, 2.75) is 57.7 Å². The summed E-state index contributed by atoms with van der Waals surface area (Å²) < 4.78 is 0. The van der Waals surface area contributed by atoms with Crippen LogP contribution in [-0.4, -0.2) is 37.3 Å². The standard InChI is InChI=1S/C20H26N6/c1-19(2)10-14(11-20(3,4)26-19)23-18-8-7-15(24-25-18)13-5-6-16-17(9-13)22-12-21-16/h5-9,12,14,26H,10-11H2,1-4H3,(H,21,22)(H,23,25). The molecule has 1 fully saturated rings. The van der Waals surface area contributed by atoms with Gasteiger partial charge in [0.25, 0.3) is 0 Å². The molecule has 3 aromatic rings. The van der Waals surface area contributed by atoms with Gasteiger partial charge in [-0.3, -0.25) is 0 Å². The molecule has 0 aliphatic carbocycles. The highest BCUT2D eigenvalue weighted by atomic mass is 15.2. The van der Waals surface area contributed by atoms with Crippen LogP contribution in [0.15, 0.2) is 36.7 Å². The van der Waals surface area contributed by atoms with E-state index in [1.165, 1.54) is 0 Å². The number of aromatic nitrogens is 4. The molecule has 136 valence electrons. The van der Waals surface area contributed by atoms with Gasteiger partial charge in [0, 0.05) is 22.7 Å². The predicted molar refractivity (Wildman–Crippen MR) is 105 cm³/mol. The molecule has 6 nitrogen and oxygen atoms in total. The molecule has 3 N–H and O–H groups in total. The van der Waals surface area contributed by atoms with Gasteiger partial charge in [0.15, 0.2) is 0 Å². The van der Waals surface area contributed by atoms with E-state index in [1.54, 1.807) is 6.33 Å². The van der Waals surface area contributed by atoms with E-state index >= 15 is 0 Å². The van der Waals surface area contributed by atoms with E-state index in [9.17, 15) is 0 Å². The van der Waals surface area contributed by atoms with Crippen molar-refractivity contribution in [2.75, 3.05) is 5.32 Å². The first-order valence-corrected chi connectivity index (χ1v) is 9.13. The van der Waals surface area contributed by atoms with E-state index in [0.717, 1.165) is 41.0 Å². The van der Waals surface area contributed by atoms with E-state index in [2.05, 4.69) is 64.6 Å². The summed E-state index contributed by atoms with van der Waals surface area (Å²) in [6, 6.07) is 10.5. The van der Waals surface area contributed by atoms with E-state index in [0.29, 0.717) is 6.04 Å². The number of imidazole rings is 1. The number of nitrogens with one attached hydrogen (secondary N) is 3. The molecule has 0 saturated carbocycles. The molecule has 0 radical (unpaired) electrons. The predicted octanol–water partition coefficient (Wildman–Crippen LogP) is 3.74. The van der Waals surface area contributed by atoms with Crippen LogP contribution < -0.4 is 10.6 Å². The first-order valence-electron chi connectivity index (χ1n) is 9.13. The lowest BCUT2D eigenvalue weighted by atomic mass is 9.79. The molecule has 1 aliphatic rings. The van der Waals surface area contributed by atoms with Crippen molar-refractivity contribution >= 4 is 16.9 Å². The molecule has 1 aliphatic heterocycles. The number of benzene rings is 1. The van der Waals surface area contributed by atoms with Crippen molar-refractivity contribution in [1.82, 2.24) is 25.5 Å². The normalized spacial score (nSPS) is 19.5. The zero-order valence-electron chi connectivity index (χ0n) is 15.8. The lowest BCUT2D eigenvalue weighted by molar-refractivity contribution is 0.170. The third kappa shape index (κ3) is 3.55. The molecule has 0 bridgehead atoms. The van der Waals surface area contributed by atoms with Crippen molar-refractivity contribution in [3.05, 3.63) is 36.7 Å². The van der Waals surface area contributed by atoms with Gasteiger partial charge < -0.3 is 15.6 Å². The van der Waals surface area contributed by atoms with Gasteiger partial charge in [-0.1, -0.05) is 6.07 Å². The third-order valence-corrected chi connectivity index (χ3v) is 4.92. The average molecular weight is 350 g/mol. The summed E-state index contributed by atoms with van der Waals surface area (Å²) in [5.74, 6) is 0.829. The highest BCUT2D eigenvalue weighted by Gasteiger charge is 2.37. The molecule has 0 spiro atoms. The molecular weight excluding hydrogens is 324 g/mol. The van der Waals surface area contributed by atoms with Crippen molar-refractivity contribution in [2.24, 2.45) is 0 Å². The Morgan fingerprint density at radius 3 is 2.46 bits per heavy atom. The molecule has 0 atom stereocenters. The maximum Gasteiger partial charge on any atom is 0.148 e. The van der Waals surface area contributed by atoms with E-state index < -0.39 is 0 Å². The molecule has 1 aromatic carbocycles. The number of aromatic amines is 1. The summed E-state index contributed by atoms with van der Waals surface area (Å²) >= 11 is 0. The van der Waals surface area contributed by atoms with Gasteiger partial charge in [-0.2, -0.15) is 0 Å². The molecule has 2 aromatic heterocycles. The van der Waals surface area contributed by atoms with E-state index in [1.807, 2.05) is 24.3 Å². The Labute approximate surface area is 153 Å². The minimum atomic E-state index is 0.103. The molecule has 6 heteroatoms. The number of anilines is 1. The first-order chi connectivity index (χ1) is 12.3. The number of nitrogens with zero attached hydrogens (tertiary/aromatic N) is 3. The average Bonchev–Trinajstić information content (AvgIpc) is 3.00. The van der Waals surface area contributed by atoms with Crippen LogP contribution in [0.5, 0.6) is 0 Å². The summed E-state index contributed by atoms with van der Waals surface area (Å²) in [6.45, 7) is 9.01.